The van der Waals surface area contributed by atoms with Crippen LogP contribution in [-0.4, -0.2) is 36.2 Å². The number of hydrogen-bond donors (Lipinski definition) is 1. The molecule has 0 aliphatic carbocycles. The minimum atomic E-state index is -0.839. The molecule has 1 N–H and O–H groups in total. The maximum Gasteiger partial charge on any atom is 0.335 e. The van der Waals surface area contributed by atoms with Gasteiger partial charge in [-0.15, -0.1) is 0 Å². The van der Waals surface area contributed by atoms with Gasteiger partial charge in [0.2, 0.25) is 0 Å². The van der Waals surface area contributed by atoms with Crippen LogP contribution < -0.4 is 4.90 Å². The summed E-state index contributed by atoms with van der Waals surface area (Å²) in [5.74, 6) is 0.340. The Kier molecular flexibility index (Phi) is 3.94. The smallest absolute Gasteiger partial charge is 0.335 e. The molecule has 0 radical (unpaired) electrons. The van der Waals surface area contributed by atoms with Crippen molar-refractivity contribution in [2.75, 3.05) is 30.0 Å². The fourth-order valence-corrected chi connectivity index (χ4v) is 2.65. The molecule has 3 nitrogen and oxygen atoms in total. The fourth-order valence-electron chi connectivity index (χ4n) is 2.24. The van der Waals surface area contributed by atoms with E-state index in [1.54, 1.807) is 6.07 Å². The lowest BCUT2D eigenvalue weighted by Gasteiger charge is -2.19. The molecule has 0 atom stereocenters. The predicted octanol–water partition coefficient (Wildman–Crippen LogP) is 2.50. The van der Waals surface area contributed by atoms with E-state index in [4.69, 9.17) is 5.11 Å². The number of thioether (sulfide) groups is 1. The molecule has 4 heteroatoms. The Bertz CT molecular complexity index is 420. The van der Waals surface area contributed by atoms with Gasteiger partial charge in [-0.05, 0) is 48.6 Å². The molecule has 92 valence electrons. The molecule has 0 spiro atoms. The van der Waals surface area contributed by atoms with Gasteiger partial charge in [-0.25, -0.2) is 4.79 Å². The fraction of sp³-hybridized carbons (Fsp3) is 0.462. The van der Waals surface area contributed by atoms with Crippen LogP contribution in [0.1, 0.15) is 22.3 Å². The van der Waals surface area contributed by atoms with E-state index in [0.29, 0.717) is 5.56 Å². The minimum Gasteiger partial charge on any atom is -0.478 e. The van der Waals surface area contributed by atoms with Gasteiger partial charge in [0.15, 0.2) is 0 Å². The van der Waals surface area contributed by atoms with Crippen molar-refractivity contribution in [3.63, 3.8) is 0 Å². The number of anilines is 1. The monoisotopic (exact) mass is 251 g/mol. The molecule has 0 bridgehead atoms. The summed E-state index contributed by atoms with van der Waals surface area (Å²) in [5, 5.41) is 8.94. The van der Waals surface area contributed by atoms with E-state index in [1.165, 1.54) is 23.4 Å². The highest BCUT2D eigenvalue weighted by Crippen LogP contribution is 2.29. The highest BCUT2D eigenvalue weighted by molar-refractivity contribution is 7.98. The first-order valence-electron chi connectivity index (χ1n) is 5.82. The zero-order valence-corrected chi connectivity index (χ0v) is 10.8. The number of nitrogens with zero attached hydrogens (tertiary/aromatic N) is 1. The lowest BCUT2D eigenvalue weighted by Crippen LogP contribution is -2.22. The second-order valence-electron chi connectivity index (χ2n) is 4.23. The molecule has 1 aromatic carbocycles. The van der Waals surface area contributed by atoms with Gasteiger partial charge in [-0.2, -0.15) is 11.8 Å². The first-order valence-corrected chi connectivity index (χ1v) is 7.22. The molecule has 1 aliphatic heterocycles. The Morgan fingerprint density at radius 3 is 3.06 bits per heavy atom. The molecule has 0 unspecified atom stereocenters. The molecule has 0 saturated heterocycles. The van der Waals surface area contributed by atoms with Crippen LogP contribution in [0, 0.1) is 0 Å². The summed E-state index contributed by atoms with van der Waals surface area (Å²) in [4.78, 5) is 13.2. The molecule has 1 aromatic rings. The highest BCUT2D eigenvalue weighted by Gasteiger charge is 2.19. The third kappa shape index (κ3) is 2.75. The quantitative estimate of drug-likeness (QED) is 0.816. The Morgan fingerprint density at radius 2 is 2.35 bits per heavy atom. The number of fused-ring (bicyclic) bond motifs is 1. The molecule has 0 fully saturated rings. The van der Waals surface area contributed by atoms with Gasteiger partial charge in [0.05, 0.1) is 5.56 Å². The highest BCUT2D eigenvalue weighted by atomic mass is 32.2. The van der Waals surface area contributed by atoms with Crippen LogP contribution in [-0.2, 0) is 6.42 Å². The van der Waals surface area contributed by atoms with Crippen LogP contribution in [0.2, 0.25) is 0 Å². The van der Waals surface area contributed by atoms with Gasteiger partial charge in [0, 0.05) is 18.8 Å². The lowest BCUT2D eigenvalue weighted by atomic mass is 10.1. The molecular weight excluding hydrogens is 234 g/mol. The standard InChI is InChI=1S/C13H17NO2S/c1-17-8-2-6-14-7-5-10-9-11(13(15)16)3-4-12(10)14/h3-4,9H,2,5-8H2,1H3,(H,15,16). The van der Waals surface area contributed by atoms with E-state index in [0.717, 1.165) is 19.5 Å². The van der Waals surface area contributed by atoms with Crippen molar-refractivity contribution in [3.8, 4) is 0 Å². The minimum absolute atomic E-state index is 0.398. The summed E-state index contributed by atoms with van der Waals surface area (Å²) >= 11 is 1.87. The maximum absolute atomic E-state index is 10.9. The summed E-state index contributed by atoms with van der Waals surface area (Å²) < 4.78 is 0. The zero-order chi connectivity index (χ0) is 12.3. The first kappa shape index (κ1) is 12.3. The molecule has 1 heterocycles. The van der Waals surface area contributed by atoms with Crippen LogP contribution in [0.5, 0.6) is 0 Å². The van der Waals surface area contributed by atoms with Crippen molar-refractivity contribution >= 4 is 23.4 Å². The summed E-state index contributed by atoms with van der Waals surface area (Å²) in [6.07, 6.45) is 4.27. The number of benzene rings is 1. The van der Waals surface area contributed by atoms with E-state index < -0.39 is 5.97 Å². The number of carbonyl (C=O) groups is 1. The largest absolute Gasteiger partial charge is 0.478 e. The normalized spacial score (nSPS) is 13.8. The predicted molar refractivity (Wildman–Crippen MR) is 72.3 cm³/mol. The molecule has 0 saturated carbocycles. The topological polar surface area (TPSA) is 40.5 Å². The molecule has 1 aliphatic rings. The van der Waals surface area contributed by atoms with E-state index in [2.05, 4.69) is 11.2 Å². The Hall–Kier alpha value is -1.16. The second kappa shape index (κ2) is 5.45. The van der Waals surface area contributed by atoms with Crippen LogP contribution in [0.4, 0.5) is 5.69 Å². The van der Waals surface area contributed by atoms with E-state index >= 15 is 0 Å². The van der Waals surface area contributed by atoms with Crippen LogP contribution in [0.3, 0.4) is 0 Å². The molecule has 2 rings (SSSR count). The Morgan fingerprint density at radius 1 is 1.53 bits per heavy atom. The van der Waals surface area contributed by atoms with Gasteiger partial charge in [-0.1, -0.05) is 0 Å². The number of aromatic carboxylic acids is 1. The average molecular weight is 251 g/mol. The molecular formula is C13H17NO2S. The summed E-state index contributed by atoms with van der Waals surface area (Å²) in [6.45, 7) is 2.09. The van der Waals surface area contributed by atoms with Crippen molar-refractivity contribution in [2.24, 2.45) is 0 Å². The van der Waals surface area contributed by atoms with E-state index in [1.807, 2.05) is 23.9 Å². The maximum atomic E-state index is 10.9. The first-order chi connectivity index (χ1) is 8.22. The average Bonchev–Trinajstić information content (AvgIpc) is 2.72. The second-order valence-corrected chi connectivity index (χ2v) is 5.22. The zero-order valence-electron chi connectivity index (χ0n) is 9.98. The number of carboxylic acid groups (broad SMARTS) is 1. The number of carboxylic acids is 1. The van der Waals surface area contributed by atoms with Gasteiger partial charge in [0.25, 0.3) is 0 Å². The van der Waals surface area contributed by atoms with Crippen LogP contribution >= 0.6 is 11.8 Å². The third-order valence-electron chi connectivity index (χ3n) is 3.09. The van der Waals surface area contributed by atoms with E-state index in [-0.39, 0.29) is 0 Å². The lowest BCUT2D eigenvalue weighted by molar-refractivity contribution is 0.0697. The van der Waals surface area contributed by atoms with Crippen molar-refractivity contribution in [2.45, 2.75) is 12.8 Å². The van der Waals surface area contributed by atoms with Crippen LogP contribution in [0.25, 0.3) is 0 Å². The third-order valence-corrected chi connectivity index (χ3v) is 3.79. The molecule has 17 heavy (non-hydrogen) atoms. The van der Waals surface area contributed by atoms with Crippen molar-refractivity contribution in [1.29, 1.82) is 0 Å². The number of rotatable bonds is 5. The molecule has 0 amide bonds. The van der Waals surface area contributed by atoms with Crippen LogP contribution in [0.15, 0.2) is 18.2 Å². The SMILES string of the molecule is CSCCCN1CCc2cc(C(=O)O)ccc21. The molecule has 0 aromatic heterocycles. The number of hydrogen-bond acceptors (Lipinski definition) is 3. The summed E-state index contributed by atoms with van der Waals surface area (Å²) in [6, 6.07) is 5.46. The van der Waals surface area contributed by atoms with E-state index in [9.17, 15) is 4.79 Å². The van der Waals surface area contributed by atoms with Gasteiger partial charge in [-0.3, -0.25) is 0 Å². The van der Waals surface area contributed by atoms with Crippen molar-refractivity contribution < 1.29 is 9.90 Å². The Balaban J connectivity index is 2.08. The van der Waals surface area contributed by atoms with Gasteiger partial charge < -0.3 is 10.0 Å². The summed E-state index contributed by atoms with van der Waals surface area (Å²) in [7, 11) is 0. The Labute approximate surface area is 106 Å². The van der Waals surface area contributed by atoms with Crippen molar-refractivity contribution in [3.05, 3.63) is 29.3 Å². The summed E-state index contributed by atoms with van der Waals surface area (Å²) in [5.41, 5.74) is 2.79. The van der Waals surface area contributed by atoms with Gasteiger partial charge >= 0.3 is 5.97 Å². The van der Waals surface area contributed by atoms with Crippen molar-refractivity contribution in [1.82, 2.24) is 0 Å². The van der Waals surface area contributed by atoms with Gasteiger partial charge in [0.1, 0.15) is 0 Å².